The molecule has 2 N–H and O–H groups in total. The van der Waals surface area contributed by atoms with E-state index in [1.165, 1.54) is 16.0 Å². The summed E-state index contributed by atoms with van der Waals surface area (Å²) >= 11 is 1.74. The first kappa shape index (κ1) is 9.48. The van der Waals surface area contributed by atoms with Gasteiger partial charge in [-0.3, -0.25) is 0 Å². The highest BCUT2D eigenvalue weighted by Gasteiger charge is 2.04. The highest BCUT2D eigenvalue weighted by atomic mass is 32.1. The molecule has 0 saturated carbocycles. The molecule has 3 aromatic rings. The SMILES string of the molecule is Cc1csc(-c2ccc3cc(O)[nH]c3c2)c1. The average molecular weight is 229 g/mol. The number of fused-ring (bicyclic) bond motifs is 1. The molecule has 2 nitrogen and oxygen atoms in total. The van der Waals surface area contributed by atoms with Crippen LogP contribution in [0.5, 0.6) is 5.88 Å². The van der Waals surface area contributed by atoms with Gasteiger partial charge in [0.15, 0.2) is 5.88 Å². The molecular weight excluding hydrogens is 218 g/mol. The Morgan fingerprint density at radius 2 is 2.06 bits per heavy atom. The van der Waals surface area contributed by atoms with Crippen LogP contribution in [0, 0.1) is 6.92 Å². The van der Waals surface area contributed by atoms with Gasteiger partial charge in [-0.05, 0) is 35.6 Å². The van der Waals surface area contributed by atoms with Crippen molar-refractivity contribution < 1.29 is 5.11 Å². The molecule has 0 amide bonds. The van der Waals surface area contributed by atoms with Crippen LogP contribution in [0.25, 0.3) is 21.3 Å². The number of aromatic hydroxyl groups is 1. The van der Waals surface area contributed by atoms with Gasteiger partial charge in [0.05, 0.1) is 0 Å². The van der Waals surface area contributed by atoms with Gasteiger partial charge in [0.2, 0.25) is 0 Å². The lowest BCUT2D eigenvalue weighted by molar-refractivity contribution is 0.458. The summed E-state index contributed by atoms with van der Waals surface area (Å²) in [4.78, 5) is 4.19. The molecule has 16 heavy (non-hydrogen) atoms. The molecule has 2 aromatic heterocycles. The number of thiophene rings is 1. The Morgan fingerprint density at radius 1 is 1.19 bits per heavy atom. The standard InChI is InChI=1S/C13H11NOS/c1-8-4-12(16-7-8)10-3-2-9-6-13(15)14-11(9)5-10/h2-7,14-15H,1H3. The Bertz CT molecular complexity index is 651. The summed E-state index contributed by atoms with van der Waals surface area (Å²) < 4.78 is 0. The van der Waals surface area contributed by atoms with Gasteiger partial charge in [-0.1, -0.05) is 12.1 Å². The van der Waals surface area contributed by atoms with Crippen LogP contribution in [0.2, 0.25) is 0 Å². The van der Waals surface area contributed by atoms with Crippen LogP contribution < -0.4 is 0 Å². The topological polar surface area (TPSA) is 36.0 Å². The van der Waals surface area contributed by atoms with Crippen molar-refractivity contribution in [1.29, 1.82) is 0 Å². The second-order valence-electron chi connectivity index (χ2n) is 3.94. The van der Waals surface area contributed by atoms with Crippen molar-refractivity contribution in [2.24, 2.45) is 0 Å². The number of hydrogen-bond donors (Lipinski definition) is 2. The fourth-order valence-electron chi connectivity index (χ4n) is 1.85. The molecule has 3 heteroatoms. The number of rotatable bonds is 1. The summed E-state index contributed by atoms with van der Waals surface area (Å²) in [5.41, 5.74) is 3.45. The van der Waals surface area contributed by atoms with Crippen molar-refractivity contribution in [2.75, 3.05) is 0 Å². The van der Waals surface area contributed by atoms with Gasteiger partial charge in [-0.25, -0.2) is 0 Å². The smallest absolute Gasteiger partial charge is 0.189 e. The zero-order chi connectivity index (χ0) is 11.1. The average Bonchev–Trinajstić information content (AvgIpc) is 2.81. The first-order chi connectivity index (χ1) is 7.72. The first-order valence-electron chi connectivity index (χ1n) is 5.09. The van der Waals surface area contributed by atoms with Crippen molar-refractivity contribution in [3.63, 3.8) is 0 Å². The summed E-state index contributed by atoms with van der Waals surface area (Å²) in [5, 5.41) is 12.5. The minimum Gasteiger partial charge on any atom is -0.495 e. The van der Waals surface area contributed by atoms with E-state index < -0.39 is 0 Å². The Kier molecular flexibility index (Phi) is 2.01. The zero-order valence-electron chi connectivity index (χ0n) is 8.82. The number of nitrogens with one attached hydrogen (secondary N) is 1. The third-order valence-electron chi connectivity index (χ3n) is 2.62. The maximum Gasteiger partial charge on any atom is 0.189 e. The van der Waals surface area contributed by atoms with E-state index in [1.807, 2.05) is 6.07 Å². The zero-order valence-corrected chi connectivity index (χ0v) is 9.64. The molecule has 3 rings (SSSR count). The van der Waals surface area contributed by atoms with E-state index in [2.05, 4.69) is 35.5 Å². The van der Waals surface area contributed by atoms with E-state index in [-0.39, 0.29) is 5.88 Å². The number of aromatic nitrogens is 1. The fourth-order valence-corrected chi connectivity index (χ4v) is 2.75. The molecule has 0 unspecified atom stereocenters. The molecule has 0 saturated heterocycles. The number of H-pyrrole nitrogens is 1. The Balaban J connectivity index is 2.17. The lowest BCUT2D eigenvalue weighted by Gasteiger charge is -1.97. The minimum atomic E-state index is 0.217. The van der Waals surface area contributed by atoms with Crippen LogP contribution in [0.3, 0.4) is 0 Å². The van der Waals surface area contributed by atoms with Crippen LogP contribution in [-0.2, 0) is 0 Å². The molecule has 0 spiro atoms. The van der Waals surface area contributed by atoms with Crippen LogP contribution in [0.4, 0.5) is 0 Å². The van der Waals surface area contributed by atoms with Crippen molar-refractivity contribution in [3.05, 3.63) is 41.3 Å². The lowest BCUT2D eigenvalue weighted by Crippen LogP contribution is -1.73. The van der Waals surface area contributed by atoms with Crippen LogP contribution in [-0.4, -0.2) is 10.1 Å². The van der Waals surface area contributed by atoms with Crippen LogP contribution in [0.15, 0.2) is 35.7 Å². The van der Waals surface area contributed by atoms with Crippen LogP contribution >= 0.6 is 11.3 Å². The van der Waals surface area contributed by atoms with Crippen molar-refractivity contribution >= 4 is 22.2 Å². The molecule has 1 aromatic carbocycles. The molecule has 0 atom stereocenters. The van der Waals surface area contributed by atoms with Gasteiger partial charge in [0.25, 0.3) is 0 Å². The molecule has 0 fully saturated rings. The maximum atomic E-state index is 9.37. The number of hydrogen-bond acceptors (Lipinski definition) is 2. The summed E-state index contributed by atoms with van der Waals surface area (Å²) in [6.45, 7) is 2.10. The molecular formula is C13H11NOS. The monoisotopic (exact) mass is 229 g/mol. The summed E-state index contributed by atoms with van der Waals surface area (Å²) in [5.74, 6) is 0.217. The predicted molar refractivity (Wildman–Crippen MR) is 68.0 cm³/mol. The lowest BCUT2D eigenvalue weighted by atomic mass is 10.1. The minimum absolute atomic E-state index is 0.217. The first-order valence-corrected chi connectivity index (χ1v) is 5.97. The second-order valence-corrected chi connectivity index (χ2v) is 4.86. The van der Waals surface area contributed by atoms with Crippen molar-refractivity contribution in [3.8, 4) is 16.3 Å². The highest BCUT2D eigenvalue weighted by molar-refractivity contribution is 7.13. The Labute approximate surface area is 97.2 Å². The van der Waals surface area contributed by atoms with E-state index in [0.29, 0.717) is 0 Å². The normalized spacial score (nSPS) is 11.1. The van der Waals surface area contributed by atoms with Gasteiger partial charge < -0.3 is 10.1 Å². The van der Waals surface area contributed by atoms with Crippen molar-refractivity contribution in [2.45, 2.75) is 6.92 Å². The summed E-state index contributed by atoms with van der Waals surface area (Å²) in [6.07, 6.45) is 0. The van der Waals surface area contributed by atoms with E-state index in [1.54, 1.807) is 17.4 Å². The largest absolute Gasteiger partial charge is 0.495 e. The maximum absolute atomic E-state index is 9.37. The van der Waals surface area contributed by atoms with Gasteiger partial charge >= 0.3 is 0 Å². The van der Waals surface area contributed by atoms with Gasteiger partial charge in [0, 0.05) is 21.8 Å². The summed E-state index contributed by atoms with van der Waals surface area (Å²) in [6, 6.07) is 10.1. The van der Waals surface area contributed by atoms with Crippen molar-refractivity contribution in [1.82, 2.24) is 4.98 Å². The van der Waals surface area contributed by atoms with Crippen LogP contribution in [0.1, 0.15) is 5.56 Å². The molecule has 0 aliphatic heterocycles. The molecule has 80 valence electrons. The van der Waals surface area contributed by atoms with Gasteiger partial charge in [-0.15, -0.1) is 11.3 Å². The van der Waals surface area contributed by atoms with Gasteiger partial charge in [0.1, 0.15) is 0 Å². The van der Waals surface area contributed by atoms with E-state index in [9.17, 15) is 5.11 Å². The van der Waals surface area contributed by atoms with E-state index in [4.69, 9.17) is 0 Å². The number of benzene rings is 1. The highest BCUT2D eigenvalue weighted by Crippen LogP contribution is 2.30. The Hall–Kier alpha value is -1.74. The fraction of sp³-hybridized carbons (Fsp3) is 0.0769. The molecule has 2 heterocycles. The summed E-state index contributed by atoms with van der Waals surface area (Å²) in [7, 11) is 0. The molecule has 0 aliphatic rings. The second kappa shape index (κ2) is 3.39. The van der Waals surface area contributed by atoms with Gasteiger partial charge in [-0.2, -0.15) is 0 Å². The predicted octanol–water partition coefficient (Wildman–Crippen LogP) is 3.91. The number of aryl methyl sites for hydroxylation is 1. The quantitative estimate of drug-likeness (QED) is 0.652. The third-order valence-corrected chi connectivity index (χ3v) is 3.72. The number of aromatic amines is 1. The molecule has 0 aliphatic carbocycles. The van der Waals surface area contributed by atoms with E-state index in [0.717, 1.165) is 10.9 Å². The molecule has 0 radical (unpaired) electrons. The third kappa shape index (κ3) is 1.49. The Morgan fingerprint density at radius 3 is 2.81 bits per heavy atom. The molecule has 0 bridgehead atoms. The van der Waals surface area contributed by atoms with E-state index >= 15 is 0 Å².